The molecule has 0 atom stereocenters. The van der Waals surface area contributed by atoms with Gasteiger partial charge in [0.15, 0.2) is 14.6 Å². The van der Waals surface area contributed by atoms with Crippen LogP contribution in [-0.4, -0.2) is 31.8 Å². The van der Waals surface area contributed by atoms with Gasteiger partial charge in [-0.15, -0.1) is 0 Å². The number of nitrogens with zero attached hydrogens (tertiary/aromatic N) is 2. The maximum atomic E-state index is 12.9. The minimum Gasteiger partial charge on any atom is -0.495 e. The summed E-state index contributed by atoms with van der Waals surface area (Å²) >= 11 is 1.39. The number of amides is 1. The molecule has 3 aromatic rings. The number of methoxy groups -OCH3 is 1. The average molecular weight is 419 g/mol. The van der Waals surface area contributed by atoms with Gasteiger partial charge >= 0.3 is 0 Å². The molecule has 0 fully saturated rings. The SMILES string of the molecule is CCn1c(=NC(=O)c2ccccc2S(=O)(=O)CC)sc2c(C)ccc(OC)c21. The van der Waals surface area contributed by atoms with E-state index in [2.05, 4.69) is 4.99 Å². The number of sulfone groups is 1. The van der Waals surface area contributed by atoms with Crippen molar-refractivity contribution in [3.63, 3.8) is 0 Å². The number of hydrogen-bond donors (Lipinski definition) is 0. The second-order valence-corrected chi connectivity index (χ2v) is 9.43. The molecular formula is C20H22N2O4S2. The molecule has 1 aromatic heterocycles. The molecule has 0 aliphatic heterocycles. The van der Waals surface area contributed by atoms with E-state index in [1.54, 1.807) is 26.2 Å². The molecule has 6 nitrogen and oxygen atoms in total. The van der Waals surface area contributed by atoms with Gasteiger partial charge in [-0.25, -0.2) is 8.42 Å². The lowest BCUT2D eigenvalue weighted by Gasteiger charge is -2.07. The van der Waals surface area contributed by atoms with E-state index < -0.39 is 15.7 Å². The van der Waals surface area contributed by atoms with Crippen molar-refractivity contribution in [3.8, 4) is 5.75 Å². The summed E-state index contributed by atoms with van der Waals surface area (Å²) in [6.45, 7) is 6.11. The molecule has 8 heteroatoms. The van der Waals surface area contributed by atoms with Gasteiger partial charge in [-0.05, 0) is 37.6 Å². The zero-order valence-corrected chi connectivity index (χ0v) is 17.9. The first-order chi connectivity index (χ1) is 13.3. The Bertz CT molecular complexity index is 1220. The summed E-state index contributed by atoms with van der Waals surface area (Å²) in [4.78, 5) is 17.7. The Hall–Kier alpha value is -2.45. The Balaban J connectivity index is 2.25. The summed E-state index contributed by atoms with van der Waals surface area (Å²) in [6.07, 6.45) is 0. The monoisotopic (exact) mass is 418 g/mol. The van der Waals surface area contributed by atoms with Crippen molar-refractivity contribution in [2.75, 3.05) is 12.9 Å². The van der Waals surface area contributed by atoms with Gasteiger partial charge in [0.1, 0.15) is 11.3 Å². The number of carbonyl (C=O) groups is 1. The third kappa shape index (κ3) is 3.49. The number of hydrogen-bond acceptors (Lipinski definition) is 5. The first-order valence-corrected chi connectivity index (χ1v) is 11.4. The van der Waals surface area contributed by atoms with Gasteiger partial charge in [-0.2, -0.15) is 4.99 Å². The molecule has 0 saturated carbocycles. The summed E-state index contributed by atoms with van der Waals surface area (Å²) in [7, 11) is -1.92. The normalized spacial score (nSPS) is 12.5. The fraction of sp³-hybridized carbons (Fsp3) is 0.300. The van der Waals surface area contributed by atoms with Crippen LogP contribution in [0, 0.1) is 6.92 Å². The van der Waals surface area contributed by atoms with Gasteiger partial charge in [-0.3, -0.25) is 4.79 Å². The lowest BCUT2D eigenvalue weighted by Crippen LogP contribution is -2.17. The smallest absolute Gasteiger partial charge is 0.280 e. The minimum absolute atomic E-state index is 0.0178. The highest BCUT2D eigenvalue weighted by molar-refractivity contribution is 7.91. The molecule has 1 amide bonds. The Labute approximate surface area is 168 Å². The van der Waals surface area contributed by atoms with Gasteiger partial charge < -0.3 is 9.30 Å². The molecule has 3 rings (SSSR count). The van der Waals surface area contributed by atoms with Crippen LogP contribution in [0.5, 0.6) is 5.75 Å². The molecule has 148 valence electrons. The van der Waals surface area contributed by atoms with Crippen molar-refractivity contribution >= 4 is 37.3 Å². The van der Waals surface area contributed by atoms with Crippen molar-refractivity contribution in [1.82, 2.24) is 4.57 Å². The van der Waals surface area contributed by atoms with Gasteiger partial charge in [-0.1, -0.05) is 36.5 Å². The van der Waals surface area contributed by atoms with Gasteiger partial charge in [0, 0.05) is 6.54 Å². The largest absolute Gasteiger partial charge is 0.495 e. The van der Waals surface area contributed by atoms with Gasteiger partial charge in [0.2, 0.25) is 0 Å². The molecule has 0 N–H and O–H groups in total. The van der Waals surface area contributed by atoms with Crippen LogP contribution in [0.3, 0.4) is 0 Å². The summed E-state index contributed by atoms with van der Waals surface area (Å²) in [5.74, 6) is 0.0606. The zero-order valence-electron chi connectivity index (χ0n) is 16.2. The fourth-order valence-electron chi connectivity index (χ4n) is 3.04. The third-order valence-electron chi connectivity index (χ3n) is 4.55. The maximum absolute atomic E-state index is 12.9. The molecule has 0 aliphatic rings. The molecule has 0 bridgehead atoms. The van der Waals surface area contributed by atoms with E-state index >= 15 is 0 Å². The predicted octanol–water partition coefficient (Wildman–Crippen LogP) is 3.57. The number of aryl methyl sites for hydroxylation is 2. The number of fused-ring (bicyclic) bond motifs is 1. The molecule has 0 saturated heterocycles. The van der Waals surface area contributed by atoms with Crippen molar-refractivity contribution in [3.05, 3.63) is 52.3 Å². The van der Waals surface area contributed by atoms with Crippen LogP contribution in [-0.2, 0) is 16.4 Å². The van der Waals surface area contributed by atoms with E-state index in [-0.39, 0.29) is 16.2 Å². The zero-order chi connectivity index (χ0) is 20.5. The molecule has 1 heterocycles. The number of thiazole rings is 1. The average Bonchev–Trinajstić information content (AvgIpc) is 3.07. The summed E-state index contributed by atoms with van der Waals surface area (Å²) in [6, 6.07) is 10.1. The van der Waals surface area contributed by atoms with E-state index in [9.17, 15) is 13.2 Å². The van der Waals surface area contributed by atoms with Crippen LogP contribution in [0.2, 0.25) is 0 Å². The van der Waals surface area contributed by atoms with Gasteiger partial charge in [0.25, 0.3) is 5.91 Å². The molecule has 28 heavy (non-hydrogen) atoms. The Morgan fingerprint density at radius 2 is 1.89 bits per heavy atom. The van der Waals surface area contributed by atoms with Crippen LogP contribution in [0.25, 0.3) is 10.2 Å². The molecule has 0 unspecified atom stereocenters. The topological polar surface area (TPSA) is 77.7 Å². The van der Waals surface area contributed by atoms with E-state index in [1.165, 1.54) is 23.5 Å². The standard InChI is InChI=1S/C20H22N2O4S2/c1-5-22-17-15(26-4)12-11-13(3)18(17)27-20(22)21-19(23)14-9-7-8-10-16(14)28(24,25)6-2/h7-12H,5-6H2,1-4H3. The summed E-state index contributed by atoms with van der Waals surface area (Å²) < 4.78 is 33.1. The first kappa shape index (κ1) is 20.3. The number of ether oxygens (including phenoxy) is 1. The summed E-state index contributed by atoms with van der Waals surface area (Å²) in [5.41, 5.74) is 2.04. The Kier molecular flexibility index (Phi) is 5.71. The minimum atomic E-state index is -3.53. The van der Waals surface area contributed by atoms with Crippen LogP contribution in [0.1, 0.15) is 29.8 Å². The third-order valence-corrected chi connectivity index (χ3v) is 7.55. The number of carbonyl (C=O) groups excluding carboxylic acids is 1. The predicted molar refractivity (Wildman–Crippen MR) is 111 cm³/mol. The highest BCUT2D eigenvalue weighted by Gasteiger charge is 2.21. The Morgan fingerprint density at radius 3 is 2.54 bits per heavy atom. The van der Waals surface area contributed by atoms with Crippen LogP contribution in [0.15, 0.2) is 46.3 Å². The number of aromatic nitrogens is 1. The van der Waals surface area contributed by atoms with Crippen LogP contribution in [0.4, 0.5) is 0 Å². The van der Waals surface area contributed by atoms with Crippen molar-refractivity contribution in [2.45, 2.75) is 32.2 Å². The van der Waals surface area contributed by atoms with Crippen LogP contribution >= 0.6 is 11.3 Å². The van der Waals surface area contributed by atoms with E-state index in [0.717, 1.165) is 15.8 Å². The highest BCUT2D eigenvalue weighted by atomic mass is 32.2. The first-order valence-electron chi connectivity index (χ1n) is 8.91. The fourth-order valence-corrected chi connectivity index (χ4v) is 5.30. The number of benzene rings is 2. The van der Waals surface area contributed by atoms with Crippen molar-refractivity contribution in [1.29, 1.82) is 0 Å². The Morgan fingerprint density at radius 1 is 1.18 bits per heavy atom. The summed E-state index contributed by atoms with van der Waals surface area (Å²) in [5, 5.41) is 0. The van der Waals surface area contributed by atoms with Gasteiger partial charge in [0.05, 0.1) is 28.0 Å². The van der Waals surface area contributed by atoms with E-state index in [0.29, 0.717) is 17.1 Å². The highest BCUT2D eigenvalue weighted by Crippen LogP contribution is 2.30. The quantitative estimate of drug-likeness (QED) is 0.635. The van der Waals surface area contributed by atoms with E-state index in [1.807, 2.05) is 30.5 Å². The van der Waals surface area contributed by atoms with E-state index in [4.69, 9.17) is 4.74 Å². The van der Waals surface area contributed by atoms with Crippen molar-refractivity contribution < 1.29 is 17.9 Å². The molecule has 0 aliphatic carbocycles. The lowest BCUT2D eigenvalue weighted by atomic mass is 10.2. The molecular weight excluding hydrogens is 396 g/mol. The van der Waals surface area contributed by atoms with Crippen LogP contribution < -0.4 is 9.54 Å². The maximum Gasteiger partial charge on any atom is 0.280 e. The molecule has 0 radical (unpaired) electrons. The lowest BCUT2D eigenvalue weighted by molar-refractivity contribution is 0.0994. The second-order valence-electron chi connectivity index (χ2n) is 6.21. The molecule has 2 aromatic carbocycles. The van der Waals surface area contributed by atoms with Crippen molar-refractivity contribution in [2.24, 2.45) is 4.99 Å². The second kappa shape index (κ2) is 7.89. The molecule has 0 spiro atoms. The number of rotatable bonds is 5.